The van der Waals surface area contributed by atoms with Crippen molar-refractivity contribution in [3.8, 4) is 0 Å². The summed E-state index contributed by atoms with van der Waals surface area (Å²) in [6, 6.07) is 29.9. The number of amides is 1. The van der Waals surface area contributed by atoms with Gasteiger partial charge in [-0.2, -0.15) is 0 Å². The Morgan fingerprint density at radius 3 is 2.41 bits per heavy atom. The van der Waals surface area contributed by atoms with Crippen molar-refractivity contribution in [3.05, 3.63) is 108 Å². The molecule has 0 radical (unpaired) electrons. The molecular formula is C30H23N3O3S. The minimum Gasteiger partial charge on any atom is -0.340 e. The molecule has 0 saturated heterocycles. The van der Waals surface area contributed by atoms with E-state index in [4.69, 9.17) is 4.84 Å². The summed E-state index contributed by atoms with van der Waals surface area (Å²) in [5.41, 5.74) is 5.08. The number of carbonyl (C=O) groups is 2. The molecule has 4 aromatic carbocycles. The number of aryl methyl sites for hydroxylation is 1. The van der Waals surface area contributed by atoms with Crippen LogP contribution in [0.25, 0.3) is 21.8 Å². The van der Waals surface area contributed by atoms with Crippen LogP contribution in [0.4, 0.5) is 4.79 Å². The number of aromatic nitrogens is 1. The third-order valence-electron chi connectivity index (χ3n) is 6.57. The lowest BCUT2D eigenvalue weighted by atomic mass is 9.99. The minimum absolute atomic E-state index is 0.00804. The number of nitrogens with zero attached hydrogens (tertiary/aromatic N) is 2. The van der Waals surface area contributed by atoms with E-state index < -0.39 is 6.09 Å². The van der Waals surface area contributed by atoms with Crippen molar-refractivity contribution in [1.29, 1.82) is 0 Å². The van der Waals surface area contributed by atoms with E-state index >= 15 is 0 Å². The second kappa shape index (κ2) is 9.59. The van der Waals surface area contributed by atoms with E-state index in [9.17, 15) is 9.59 Å². The first kappa shape index (κ1) is 23.1. The Morgan fingerprint density at radius 1 is 0.865 bits per heavy atom. The van der Waals surface area contributed by atoms with E-state index in [1.165, 1.54) is 7.05 Å². The van der Waals surface area contributed by atoms with Crippen molar-refractivity contribution < 1.29 is 14.4 Å². The van der Waals surface area contributed by atoms with Crippen LogP contribution in [0, 0.1) is 0 Å². The molecule has 5 aromatic rings. The number of hydrogen-bond donors (Lipinski definition) is 1. The highest BCUT2D eigenvalue weighted by molar-refractivity contribution is 7.99. The van der Waals surface area contributed by atoms with E-state index in [0.29, 0.717) is 24.1 Å². The molecule has 0 unspecified atom stereocenters. The molecule has 182 valence electrons. The zero-order valence-corrected chi connectivity index (χ0v) is 20.9. The molecule has 0 aliphatic carbocycles. The Balaban J connectivity index is 1.34. The molecule has 1 amide bonds. The van der Waals surface area contributed by atoms with Gasteiger partial charge in [-0.1, -0.05) is 53.3 Å². The first-order valence-electron chi connectivity index (χ1n) is 12.0. The number of hydrogen-bond acceptors (Lipinski definition) is 5. The fourth-order valence-corrected chi connectivity index (χ4v) is 5.66. The van der Waals surface area contributed by atoms with E-state index in [0.717, 1.165) is 42.9 Å². The van der Waals surface area contributed by atoms with Gasteiger partial charge in [-0.05, 0) is 54.6 Å². The monoisotopic (exact) mass is 505 g/mol. The standard InChI is InChI=1S/C30H23N3O3S/c1-31-30(35)36-32-26-16-17-33-27-15-12-20(18-25(27)23-8-5-9-24(26)28(23)33)29(34)19-10-13-22(14-11-19)37-21-6-3-2-4-7-21/h2-15,18H,16-17H2,1H3,(H,31,35)/b32-26+. The van der Waals surface area contributed by atoms with Gasteiger partial charge < -0.3 is 9.88 Å². The van der Waals surface area contributed by atoms with Crippen LogP contribution in [0.2, 0.25) is 0 Å². The van der Waals surface area contributed by atoms with Crippen molar-refractivity contribution in [1.82, 2.24) is 9.88 Å². The molecule has 7 heteroatoms. The number of carbonyl (C=O) groups excluding carboxylic acids is 2. The van der Waals surface area contributed by atoms with Gasteiger partial charge in [0.1, 0.15) is 0 Å². The zero-order valence-electron chi connectivity index (χ0n) is 20.1. The Hall–Kier alpha value is -4.36. The lowest BCUT2D eigenvalue weighted by Gasteiger charge is -2.17. The first-order chi connectivity index (χ1) is 18.1. The molecule has 0 saturated carbocycles. The normalized spacial score (nSPS) is 13.7. The van der Waals surface area contributed by atoms with Crippen LogP contribution in [0.3, 0.4) is 0 Å². The molecule has 0 spiro atoms. The largest absolute Gasteiger partial charge is 0.433 e. The van der Waals surface area contributed by atoms with Gasteiger partial charge in [0, 0.05) is 62.8 Å². The SMILES string of the molecule is CNC(=O)O/N=C1\CCn2c3ccc(C(=O)c4ccc(Sc5ccccc5)cc4)cc3c3cccc1c32. The highest BCUT2D eigenvalue weighted by atomic mass is 32.2. The predicted molar refractivity (Wildman–Crippen MR) is 147 cm³/mol. The summed E-state index contributed by atoms with van der Waals surface area (Å²) >= 11 is 1.67. The van der Waals surface area contributed by atoms with Crippen LogP contribution >= 0.6 is 11.8 Å². The summed E-state index contributed by atoms with van der Waals surface area (Å²) in [5, 5.41) is 8.58. The average molecular weight is 506 g/mol. The highest BCUT2D eigenvalue weighted by Gasteiger charge is 2.23. The number of benzene rings is 4. The van der Waals surface area contributed by atoms with Crippen molar-refractivity contribution in [2.45, 2.75) is 22.8 Å². The van der Waals surface area contributed by atoms with Crippen LogP contribution in [-0.2, 0) is 11.4 Å². The van der Waals surface area contributed by atoms with Gasteiger partial charge in [-0.25, -0.2) is 4.79 Å². The molecule has 2 heterocycles. The number of para-hydroxylation sites is 1. The first-order valence-corrected chi connectivity index (χ1v) is 12.8. The molecule has 0 bridgehead atoms. The van der Waals surface area contributed by atoms with E-state index in [1.54, 1.807) is 11.8 Å². The third-order valence-corrected chi connectivity index (χ3v) is 7.58. The van der Waals surface area contributed by atoms with Gasteiger partial charge in [-0.15, -0.1) is 0 Å². The Kier molecular flexibility index (Phi) is 5.98. The van der Waals surface area contributed by atoms with E-state index in [-0.39, 0.29) is 5.78 Å². The van der Waals surface area contributed by atoms with E-state index in [1.807, 2.05) is 72.8 Å². The fourth-order valence-electron chi connectivity index (χ4n) is 4.82. The summed E-state index contributed by atoms with van der Waals surface area (Å²) in [4.78, 5) is 32.1. The summed E-state index contributed by atoms with van der Waals surface area (Å²) in [6.07, 6.45) is 0.0432. The van der Waals surface area contributed by atoms with Gasteiger partial charge >= 0.3 is 6.09 Å². The van der Waals surface area contributed by atoms with Gasteiger partial charge in [-0.3, -0.25) is 9.63 Å². The molecule has 1 aliphatic heterocycles. The average Bonchev–Trinajstić information content (AvgIpc) is 3.27. The Morgan fingerprint density at radius 2 is 1.62 bits per heavy atom. The number of rotatable bonds is 5. The maximum atomic E-state index is 13.4. The zero-order chi connectivity index (χ0) is 25.4. The smallest absolute Gasteiger partial charge is 0.340 e. The fraction of sp³-hybridized carbons (Fsp3) is 0.100. The van der Waals surface area contributed by atoms with Crippen molar-refractivity contribution in [2.75, 3.05) is 7.05 Å². The van der Waals surface area contributed by atoms with Crippen molar-refractivity contribution >= 4 is 51.2 Å². The maximum Gasteiger partial charge on any atom is 0.433 e. The number of fused-ring (bicyclic) bond motifs is 3. The number of oxime groups is 1. The van der Waals surface area contributed by atoms with Gasteiger partial charge in [0.2, 0.25) is 0 Å². The van der Waals surface area contributed by atoms with Crippen LogP contribution in [0.15, 0.2) is 106 Å². The summed E-state index contributed by atoms with van der Waals surface area (Å²) in [7, 11) is 1.50. The minimum atomic E-state index is -0.597. The predicted octanol–water partition coefficient (Wildman–Crippen LogP) is 6.64. The topological polar surface area (TPSA) is 72.7 Å². The van der Waals surface area contributed by atoms with Crippen LogP contribution in [0.1, 0.15) is 27.9 Å². The Bertz CT molecular complexity index is 1690. The number of nitrogens with one attached hydrogen (secondary N) is 1. The molecule has 6 nitrogen and oxygen atoms in total. The molecular weight excluding hydrogens is 482 g/mol. The lowest BCUT2D eigenvalue weighted by molar-refractivity contribution is 0.103. The van der Waals surface area contributed by atoms with Gasteiger partial charge in [0.15, 0.2) is 5.78 Å². The molecule has 0 atom stereocenters. The third kappa shape index (κ3) is 4.27. The second-order valence-corrected chi connectivity index (χ2v) is 9.92. The Labute approximate surface area is 217 Å². The molecule has 0 fully saturated rings. The van der Waals surface area contributed by atoms with Crippen LogP contribution < -0.4 is 5.32 Å². The molecule has 1 aromatic heterocycles. The van der Waals surface area contributed by atoms with Gasteiger partial charge in [0.05, 0.1) is 11.2 Å². The van der Waals surface area contributed by atoms with Crippen molar-refractivity contribution in [2.24, 2.45) is 5.16 Å². The maximum absolute atomic E-state index is 13.4. The second-order valence-electron chi connectivity index (χ2n) is 8.77. The van der Waals surface area contributed by atoms with Crippen molar-refractivity contribution in [3.63, 3.8) is 0 Å². The molecule has 1 aliphatic rings. The van der Waals surface area contributed by atoms with Crippen LogP contribution in [-0.4, -0.2) is 29.2 Å². The lowest BCUT2D eigenvalue weighted by Crippen LogP contribution is -2.20. The quantitative estimate of drug-likeness (QED) is 0.165. The number of ketones is 1. The molecule has 6 rings (SSSR count). The van der Waals surface area contributed by atoms with E-state index in [2.05, 4.69) is 33.2 Å². The van der Waals surface area contributed by atoms with Gasteiger partial charge in [0.25, 0.3) is 0 Å². The highest BCUT2D eigenvalue weighted by Crippen LogP contribution is 2.36. The summed E-state index contributed by atoms with van der Waals surface area (Å²) in [5.74, 6) is -0.00804. The van der Waals surface area contributed by atoms with Crippen LogP contribution in [0.5, 0.6) is 0 Å². The summed E-state index contributed by atoms with van der Waals surface area (Å²) < 4.78 is 2.25. The summed E-state index contributed by atoms with van der Waals surface area (Å²) in [6.45, 7) is 0.709. The molecule has 37 heavy (non-hydrogen) atoms. The molecule has 1 N–H and O–H groups in total.